The van der Waals surface area contributed by atoms with Crippen LogP contribution in [-0.2, 0) is 26.4 Å². The van der Waals surface area contributed by atoms with Crippen molar-refractivity contribution in [1.29, 1.82) is 0 Å². The highest BCUT2D eigenvalue weighted by atomic mass is 35.5. The van der Waals surface area contributed by atoms with Gasteiger partial charge in [-0.2, -0.15) is 5.10 Å². The van der Waals surface area contributed by atoms with E-state index in [0.717, 1.165) is 0 Å². The van der Waals surface area contributed by atoms with Crippen LogP contribution in [0.5, 0.6) is 0 Å². The number of carbonyl (C=O) groups excluding carboxylic acids is 1. The van der Waals surface area contributed by atoms with Gasteiger partial charge in [0.1, 0.15) is 17.7 Å². The monoisotopic (exact) mass is 649 g/mol. The van der Waals surface area contributed by atoms with Crippen LogP contribution < -0.4 is 16.4 Å². The quantitative estimate of drug-likeness (QED) is 0.232. The third-order valence-electron chi connectivity index (χ3n) is 8.12. The van der Waals surface area contributed by atoms with Crippen LogP contribution in [0, 0.1) is 17.0 Å². The summed E-state index contributed by atoms with van der Waals surface area (Å²) in [6.07, 6.45) is 2.32. The molecule has 2 aromatic carbocycles. The van der Waals surface area contributed by atoms with Gasteiger partial charge in [-0.05, 0) is 49.4 Å². The maximum Gasteiger partial charge on any atom is 0.243 e. The van der Waals surface area contributed by atoms with Crippen LogP contribution in [0.2, 0.25) is 10.0 Å². The molecule has 3 aromatic rings. The van der Waals surface area contributed by atoms with Crippen LogP contribution in [0.15, 0.2) is 48.7 Å². The van der Waals surface area contributed by atoms with E-state index in [9.17, 15) is 4.79 Å². The van der Waals surface area contributed by atoms with E-state index < -0.39 is 46.7 Å². The summed E-state index contributed by atoms with van der Waals surface area (Å²) in [6.45, 7) is 11.6. The first-order valence-electron chi connectivity index (χ1n) is 14.6. The zero-order chi connectivity index (χ0) is 32.0. The lowest BCUT2D eigenvalue weighted by Crippen LogP contribution is -2.52. The molecule has 0 saturated carbocycles. The van der Waals surface area contributed by atoms with E-state index in [2.05, 4.69) is 15.7 Å². The molecule has 238 valence electrons. The van der Waals surface area contributed by atoms with Crippen LogP contribution in [0.3, 0.4) is 0 Å². The number of benzene rings is 2. The van der Waals surface area contributed by atoms with E-state index in [1.807, 2.05) is 34.6 Å². The smallest absolute Gasteiger partial charge is 0.243 e. The van der Waals surface area contributed by atoms with Gasteiger partial charge in [0.05, 0.1) is 42.0 Å². The maximum atomic E-state index is 15.8. The summed E-state index contributed by atoms with van der Waals surface area (Å²) >= 11 is 12.3. The number of hydrogen-bond acceptors (Lipinski definition) is 6. The van der Waals surface area contributed by atoms with Crippen molar-refractivity contribution in [2.75, 3.05) is 18.5 Å². The number of hydrogen-bond donors (Lipinski definition) is 3. The van der Waals surface area contributed by atoms with Crippen LogP contribution in [0.1, 0.15) is 58.1 Å². The van der Waals surface area contributed by atoms with Gasteiger partial charge >= 0.3 is 0 Å². The molecule has 8 nitrogen and oxygen atoms in total. The Morgan fingerprint density at radius 3 is 2.59 bits per heavy atom. The standard InChI is InChI=1S/C32H39Cl2F2N5O3/c1-30(2,3)14-24-32(37,21-10-9-18(33)13-23(21)35)26(20-7-6-8-22(34)27(20)36)28(38-24)29(42)39-25-11-12-41(40-25)17-31(4,5)44-16-19-15-43-19/h6-13,19,24,26,28,38H,14-17,37H2,1-5H3,(H,39,40,42)/t19-,24-,26-,28+,32+/m0/s1. The second-order valence-corrected chi connectivity index (χ2v) is 14.4. The van der Waals surface area contributed by atoms with Crippen LogP contribution in [0.4, 0.5) is 14.6 Å². The van der Waals surface area contributed by atoms with Crippen molar-refractivity contribution < 1.29 is 23.0 Å². The Kier molecular flexibility index (Phi) is 9.17. The number of anilines is 1. The summed E-state index contributed by atoms with van der Waals surface area (Å²) in [6, 6.07) is 8.72. The molecule has 44 heavy (non-hydrogen) atoms. The van der Waals surface area contributed by atoms with Crippen molar-refractivity contribution in [2.45, 2.75) is 82.8 Å². The number of rotatable bonds is 10. The molecule has 2 aliphatic heterocycles. The Hall–Kier alpha value is -2.60. The largest absolute Gasteiger partial charge is 0.371 e. The first-order valence-corrected chi connectivity index (χ1v) is 15.4. The van der Waals surface area contributed by atoms with Crippen molar-refractivity contribution in [3.63, 3.8) is 0 Å². The van der Waals surface area contributed by atoms with Gasteiger partial charge in [0.2, 0.25) is 5.91 Å². The molecule has 0 radical (unpaired) electrons. The number of nitrogens with one attached hydrogen (secondary N) is 2. The average Bonchev–Trinajstić information content (AvgIpc) is 3.59. The summed E-state index contributed by atoms with van der Waals surface area (Å²) < 4.78 is 44.4. The number of nitrogens with zero attached hydrogens (tertiary/aromatic N) is 2. The summed E-state index contributed by atoms with van der Waals surface area (Å²) in [5, 5.41) is 10.8. The Bertz CT molecular complexity index is 1520. The summed E-state index contributed by atoms with van der Waals surface area (Å²) in [5.74, 6) is -2.62. The van der Waals surface area contributed by atoms with E-state index in [-0.39, 0.29) is 32.7 Å². The van der Waals surface area contributed by atoms with E-state index in [1.54, 1.807) is 23.0 Å². The highest BCUT2D eigenvalue weighted by Crippen LogP contribution is 2.50. The number of carbonyl (C=O) groups is 1. The highest BCUT2D eigenvalue weighted by molar-refractivity contribution is 6.31. The third kappa shape index (κ3) is 7.11. The number of epoxide rings is 1. The predicted molar refractivity (Wildman–Crippen MR) is 167 cm³/mol. The summed E-state index contributed by atoms with van der Waals surface area (Å²) in [4.78, 5) is 14.1. The Morgan fingerprint density at radius 1 is 1.20 bits per heavy atom. The number of halogens is 4. The molecule has 5 rings (SSSR count). The molecular weight excluding hydrogens is 611 g/mol. The minimum Gasteiger partial charge on any atom is -0.371 e. The Labute approximate surface area is 266 Å². The predicted octanol–water partition coefficient (Wildman–Crippen LogP) is 6.02. The number of nitrogens with two attached hydrogens (primary N) is 1. The maximum absolute atomic E-state index is 15.8. The van der Waals surface area contributed by atoms with Crippen LogP contribution >= 0.6 is 23.2 Å². The number of aromatic nitrogens is 2. The summed E-state index contributed by atoms with van der Waals surface area (Å²) in [5.41, 5.74) is 5.09. The van der Waals surface area contributed by atoms with Gasteiger partial charge < -0.3 is 25.8 Å². The SMILES string of the molecule is CC(C)(C)C[C@@H]1N[C@@H](C(=O)Nc2ccn(CC(C)(C)OC[C@@H]3CO3)n2)[C@H](c2cccc(Cl)c2F)[C@@]1(N)c1ccc(Cl)cc1F. The molecule has 1 amide bonds. The van der Waals surface area contributed by atoms with Gasteiger partial charge in [0.25, 0.3) is 0 Å². The number of amides is 1. The highest BCUT2D eigenvalue weighted by Gasteiger charge is 2.58. The minimum absolute atomic E-state index is 0.0995. The van der Waals surface area contributed by atoms with Crippen molar-refractivity contribution in [2.24, 2.45) is 11.1 Å². The zero-order valence-electron chi connectivity index (χ0n) is 25.5. The first-order chi connectivity index (χ1) is 20.6. The second-order valence-electron chi connectivity index (χ2n) is 13.6. The van der Waals surface area contributed by atoms with Crippen molar-refractivity contribution in [3.05, 3.63) is 81.5 Å². The second kappa shape index (κ2) is 12.3. The van der Waals surface area contributed by atoms with Crippen LogP contribution in [-0.4, -0.2) is 52.7 Å². The van der Waals surface area contributed by atoms with E-state index in [0.29, 0.717) is 32.0 Å². The van der Waals surface area contributed by atoms with E-state index >= 15 is 8.78 Å². The van der Waals surface area contributed by atoms with Crippen molar-refractivity contribution >= 4 is 34.9 Å². The molecule has 0 aliphatic carbocycles. The molecular formula is C32H39Cl2F2N5O3. The molecule has 2 fully saturated rings. The molecule has 4 N–H and O–H groups in total. The van der Waals surface area contributed by atoms with E-state index in [4.69, 9.17) is 38.4 Å². The molecule has 3 heterocycles. The Balaban J connectivity index is 1.50. The van der Waals surface area contributed by atoms with Crippen molar-refractivity contribution in [3.8, 4) is 0 Å². The molecule has 0 spiro atoms. The average molecular weight is 651 g/mol. The first kappa shape index (κ1) is 32.8. The molecule has 12 heteroatoms. The topological polar surface area (TPSA) is 107 Å². The zero-order valence-corrected chi connectivity index (χ0v) is 27.0. The van der Waals surface area contributed by atoms with Gasteiger partial charge in [-0.15, -0.1) is 0 Å². The van der Waals surface area contributed by atoms with Gasteiger partial charge in [-0.1, -0.05) is 62.2 Å². The molecule has 0 bridgehead atoms. The third-order valence-corrected chi connectivity index (χ3v) is 8.64. The molecule has 1 aromatic heterocycles. The molecule has 2 aliphatic rings. The lowest BCUT2D eigenvalue weighted by molar-refractivity contribution is -0.118. The fraction of sp³-hybridized carbons (Fsp3) is 0.500. The molecule has 5 atom stereocenters. The van der Waals surface area contributed by atoms with Gasteiger partial charge in [-0.25, -0.2) is 8.78 Å². The van der Waals surface area contributed by atoms with Gasteiger partial charge in [0, 0.05) is 34.8 Å². The lowest BCUT2D eigenvalue weighted by Gasteiger charge is -2.40. The summed E-state index contributed by atoms with van der Waals surface area (Å²) in [7, 11) is 0. The number of ether oxygens (including phenoxy) is 2. The molecule has 0 unspecified atom stereocenters. The van der Waals surface area contributed by atoms with Gasteiger partial charge in [-0.3, -0.25) is 9.48 Å². The Morgan fingerprint density at radius 2 is 1.93 bits per heavy atom. The van der Waals surface area contributed by atoms with Gasteiger partial charge in [0.15, 0.2) is 5.82 Å². The lowest BCUT2D eigenvalue weighted by atomic mass is 9.68. The minimum atomic E-state index is -1.57. The van der Waals surface area contributed by atoms with E-state index in [1.165, 1.54) is 30.3 Å². The normalized spacial score (nSPS) is 25.3. The fourth-order valence-electron chi connectivity index (χ4n) is 6.04. The van der Waals surface area contributed by atoms with Crippen molar-refractivity contribution in [1.82, 2.24) is 15.1 Å². The fourth-order valence-corrected chi connectivity index (χ4v) is 6.38. The van der Waals surface area contributed by atoms with Crippen LogP contribution in [0.25, 0.3) is 0 Å². The molecule has 2 saturated heterocycles.